The van der Waals surface area contributed by atoms with E-state index in [0.717, 1.165) is 18.8 Å². The lowest BCUT2D eigenvalue weighted by atomic mass is 10.1. The van der Waals surface area contributed by atoms with Crippen LogP contribution in [-0.2, 0) is 0 Å². The molecule has 0 amide bonds. The second-order valence-corrected chi connectivity index (χ2v) is 7.76. The molecule has 0 spiro atoms. The fraction of sp³-hybridized carbons (Fsp3) is 0.160. The van der Waals surface area contributed by atoms with Gasteiger partial charge in [-0.3, -0.25) is 19.5 Å². The Bertz CT molecular complexity index is 1330. The van der Waals surface area contributed by atoms with Crippen molar-refractivity contribution in [1.82, 2.24) is 4.57 Å². The number of nitro groups is 1. The lowest BCUT2D eigenvalue weighted by molar-refractivity contribution is -0.385. The Morgan fingerprint density at radius 3 is 1.84 bits per heavy atom. The number of nitrogens with zero attached hydrogens (tertiary/aromatic N) is 4. The minimum atomic E-state index is -0.611. The van der Waals surface area contributed by atoms with Crippen LogP contribution in [0.4, 0.5) is 17.1 Å². The van der Waals surface area contributed by atoms with E-state index in [1.165, 1.54) is 4.57 Å². The molecule has 0 radical (unpaired) electrons. The van der Waals surface area contributed by atoms with Crippen LogP contribution in [0.2, 0.25) is 0 Å². The molecule has 0 unspecified atom stereocenters. The number of para-hydroxylation sites is 3. The summed E-state index contributed by atoms with van der Waals surface area (Å²) in [6.07, 6.45) is 0. The van der Waals surface area contributed by atoms with Gasteiger partial charge in [0.1, 0.15) is 5.69 Å². The minimum Gasteiger partial charge on any atom is -0.368 e. The summed E-state index contributed by atoms with van der Waals surface area (Å²) < 4.78 is 1.44. The van der Waals surface area contributed by atoms with Crippen molar-refractivity contribution in [2.45, 2.75) is 0 Å². The topological polar surface area (TPSA) is 71.6 Å². The standard InChI is InChI=1S/C25H22N4O3/c30-25-24(29(31)32)23(27-17-15-26(16-18-27)19-9-3-1-4-10-19)21-13-7-8-14-22(21)28(25)20-11-5-2-6-12-20/h1-14H,15-18H2. The molecule has 0 atom stereocenters. The van der Waals surface area contributed by atoms with E-state index in [0.29, 0.717) is 35.4 Å². The predicted octanol–water partition coefficient (Wildman–Crippen LogP) is 4.23. The van der Waals surface area contributed by atoms with Gasteiger partial charge in [-0.15, -0.1) is 0 Å². The molecule has 1 fully saturated rings. The molecule has 1 aliphatic heterocycles. The summed E-state index contributed by atoms with van der Waals surface area (Å²) in [7, 11) is 0. The fourth-order valence-corrected chi connectivity index (χ4v) is 4.46. The van der Waals surface area contributed by atoms with Gasteiger partial charge in [0.25, 0.3) is 0 Å². The molecule has 1 aliphatic rings. The molecule has 5 rings (SSSR count). The molecule has 0 aliphatic carbocycles. The van der Waals surface area contributed by atoms with Crippen molar-refractivity contribution in [2.75, 3.05) is 36.0 Å². The number of piperazine rings is 1. The summed E-state index contributed by atoms with van der Waals surface area (Å²) in [5, 5.41) is 12.9. The van der Waals surface area contributed by atoms with E-state index in [2.05, 4.69) is 17.0 Å². The van der Waals surface area contributed by atoms with Crippen molar-refractivity contribution >= 4 is 28.0 Å². The first-order valence-corrected chi connectivity index (χ1v) is 10.6. The van der Waals surface area contributed by atoms with Crippen LogP contribution in [0.3, 0.4) is 0 Å². The molecular formula is C25H22N4O3. The molecule has 3 aromatic carbocycles. The van der Waals surface area contributed by atoms with Gasteiger partial charge in [-0.25, -0.2) is 0 Å². The van der Waals surface area contributed by atoms with E-state index < -0.39 is 10.5 Å². The maximum atomic E-state index is 13.5. The quantitative estimate of drug-likeness (QED) is 0.361. The van der Waals surface area contributed by atoms with Gasteiger partial charge >= 0.3 is 11.2 Å². The molecule has 32 heavy (non-hydrogen) atoms. The van der Waals surface area contributed by atoms with E-state index >= 15 is 0 Å². The third-order valence-electron chi connectivity index (χ3n) is 5.94. The third kappa shape index (κ3) is 3.37. The van der Waals surface area contributed by atoms with Gasteiger partial charge in [-0.1, -0.05) is 54.6 Å². The molecule has 0 bridgehead atoms. The number of rotatable bonds is 4. The monoisotopic (exact) mass is 426 g/mol. The second-order valence-electron chi connectivity index (χ2n) is 7.76. The zero-order chi connectivity index (χ0) is 22.1. The summed E-state index contributed by atoms with van der Waals surface area (Å²) >= 11 is 0. The summed E-state index contributed by atoms with van der Waals surface area (Å²) in [6, 6.07) is 26.6. The average molecular weight is 426 g/mol. The zero-order valence-corrected chi connectivity index (χ0v) is 17.4. The highest BCUT2D eigenvalue weighted by Crippen LogP contribution is 2.35. The van der Waals surface area contributed by atoms with Crippen LogP contribution in [0.15, 0.2) is 89.7 Å². The highest BCUT2D eigenvalue weighted by molar-refractivity contribution is 5.97. The Labute approximate surface area is 184 Å². The van der Waals surface area contributed by atoms with Gasteiger partial charge in [-0.2, -0.15) is 0 Å². The smallest absolute Gasteiger partial charge is 0.358 e. The number of pyridine rings is 1. The van der Waals surface area contributed by atoms with Crippen LogP contribution < -0.4 is 15.4 Å². The SMILES string of the molecule is O=c1c([N+](=O)[O-])c(N2CCN(c3ccccc3)CC2)c2ccccc2n1-c1ccccc1. The number of anilines is 2. The first-order chi connectivity index (χ1) is 15.6. The van der Waals surface area contributed by atoms with Gasteiger partial charge in [0, 0.05) is 42.9 Å². The van der Waals surface area contributed by atoms with Crippen LogP contribution in [0.5, 0.6) is 0 Å². The van der Waals surface area contributed by atoms with Crippen molar-refractivity contribution in [3.05, 3.63) is 105 Å². The number of benzene rings is 3. The Balaban J connectivity index is 1.64. The lowest BCUT2D eigenvalue weighted by Crippen LogP contribution is -2.47. The average Bonchev–Trinajstić information content (AvgIpc) is 2.84. The minimum absolute atomic E-state index is 0.374. The zero-order valence-electron chi connectivity index (χ0n) is 17.4. The molecule has 1 aromatic heterocycles. The molecule has 0 N–H and O–H groups in total. The van der Waals surface area contributed by atoms with Crippen LogP contribution in [0.25, 0.3) is 16.6 Å². The molecule has 7 nitrogen and oxygen atoms in total. The molecular weight excluding hydrogens is 404 g/mol. The molecule has 4 aromatic rings. The molecule has 0 saturated carbocycles. The summed E-state index contributed by atoms with van der Waals surface area (Å²) in [5.74, 6) is 0. The van der Waals surface area contributed by atoms with Crippen LogP contribution >= 0.6 is 0 Å². The number of hydrogen-bond donors (Lipinski definition) is 0. The number of fused-ring (bicyclic) bond motifs is 1. The van der Waals surface area contributed by atoms with Crippen molar-refractivity contribution in [3.63, 3.8) is 0 Å². The largest absolute Gasteiger partial charge is 0.368 e. The first-order valence-electron chi connectivity index (χ1n) is 10.6. The molecule has 1 saturated heterocycles. The third-order valence-corrected chi connectivity index (χ3v) is 5.94. The Morgan fingerprint density at radius 1 is 0.688 bits per heavy atom. The lowest BCUT2D eigenvalue weighted by Gasteiger charge is -2.37. The fourth-order valence-electron chi connectivity index (χ4n) is 4.46. The number of aromatic nitrogens is 1. The Kier molecular flexibility index (Phi) is 5.07. The number of hydrogen-bond acceptors (Lipinski definition) is 5. The highest BCUT2D eigenvalue weighted by Gasteiger charge is 2.31. The van der Waals surface area contributed by atoms with Crippen LogP contribution in [0.1, 0.15) is 0 Å². The van der Waals surface area contributed by atoms with Crippen LogP contribution in [0, 0.1) is 10.1 Å². The molecule has 160 valence electrons. The molecule has 7 heteroatoms. The summed E-state index contributed by atoms with van der Waals surface area (Å²) in [5.41, 5.74) is 1.83. The summed E-state index contributed by atoms with van der Waals surface area (Å²) in [6.45, 7) is 2.62. The van der Waals surface area contributed by atoms with E-state index in [9.17, 15) is 14.9 Å². The molecule has 2 heterocycles. The van der Waals surface area contributed by atoms with Gasteiger partial charge < -0.3 is 9.80 Å². The maximum Gasteiger partial charge on any atom is 0.358 e. The summed E-state index contributed by atoms with van der Waals surface area (Å²) in [4.78, 5) is 29.3. The highest BCUT2D eigenvalue weighted by atomic mass is 16.6. The van der Waals surface area contributed by atoms with Gasteiger partial charge in [-0.05, 0) is 30.3 Å². The first kappa shape index (κ1) is 19.8. The van der Waals surface area contributed by atoms with Gasteiger partial charge in [0.05, 0.1) is 10.4 Å². The predicted molar refractivity (Wildman–Crippen MR) is 127 cm³/mol. The maximum absolute atomic E-state index is 13.5. The van der Waals surface area contributed by atoms with Crippen molar-refractivity contribution < 1.29 is 4.92 Å². The van der Waals surface area contributed by atoms with E-state index in [4.69, 9.17) is 0 Å². The van der Waals surface area contributed by atoms with Gasteiger partial charge in [0.2, 0.25) is 0 Å². The Morgan fingerprint density at radius 2 is 1.22 bits per heavy atom. The van der Waals surface area contributed by atoms with Crippen molar-refractivity contribution in [2.24, 2.45) is 0 Å². The Hall–Kier alpha value is -4.13. The van der Waals surface area contributed by atoms with E-state index in [-0.39, 0.29) is 5.69 Å². The van der Waals surface area contributed by atoms with Gasteiger partial charge in [0.15, 0.2) is 0 Å². The van der Waals surface area contributed by atoms with Crippen molar-refractivity contribution in [1.29, 1.82) is 0 Å². The second kappa shape index (κ2) is 8.19. The van der Waals surface area contributed by atoms with Crippen LogP contribution in [-0.4, -0.2) is 35.7 Å². The van der Waals surface area contributed by atoms with Crippen molar-refractivity contribution in [3.8, 4) is 5.69 Å². The normalized spacial score (nSPS) is 14.0. The van der Waals surface area contributed by atoms with E-state index in [1.807, 2.05) is 65.6 Å². The van der Waals surface area contributed by atoms with E-state index in [1.54, 1.807) is 12.1 Å².